The predicted octanol–water partition coefficient (Wildman–Crippen LogP) is 20.2. The average Bonchev–Trinajstić information content (AvgIpc) is 1.67. The minimum Gasteiger partial charge on any atom is -0.309 e. The topological polar surface area (TPSA) is 105 Å². The van der Waals surface area contributed by atoms with Crippen LogP contribution in [0.25, 0.3) is 154 Å². The van der Waals surface area contributed by atoms with Crippen LogP contribution in [0.2, 0.25) is 0 Å². The zero-order chi connectivity index (χ0) is 59.2. The second-order valence-corrected chi connectivity index (χ2v) is 21.5. The smallest absolute Gasteiger partial charge is 0.194 e. The van der Waals surface area contributed by atoms with E-state index in [-0.39, 0.29) is 0 Å². The summed E-state index contributed by atoms with van der Waals surface area (Å²) in [6, 6.07) is 96.3. The number of aromatic nitrogens is 5. The Morgan fingerprint density at radius 3 is 1.05 bits per heavy atom. The SMILES string of the molecule is [C-]#[N+]c1ccccc1-c1ccc2c(c1)c1cc(-c3ccccc3C#N)ccc1n2-c1ccccc1-c1ccc(-c2nc(-c3ccccc3)nc(-c3ccccc3)n2)cc1-n1c2ccc(-c3ccccc3C#N)cc2c2cc(-c3ccccc3[N+]#[C-])ccc21. The Morgan fingerprint density at radius 1 is 0.284 bits per heavy atom. The molecule has 0 aliphatic rings. The van der Waals surface area contributed by atoms with Gasteiger partial charge in [0.05, 0.1) is 69.9 Å². The Morgan fingerprint density at radius 2 is 0.614 bits per heavy atom. The molecular weight excluding hydrogens is 1070 g/mol. The van der Waals surface area contributed by atoms with E-state index in [2.05, 4.69) is 146 Å². The number of nitriles is 2. The van der Waals surface area contributed by atoms with Crippen LogP contribution in [-0.4, -0.2) is 24.1 Å². The van der Waals surface area contributed by atoms with Gasteiger partial charge in [0.1, 0.15) is 0 Å². The van der Waals surface area contributed by atoms with Crippen LogP contribution in [0.1, 0.15) is 11.1 Å². The maximum absolute atomic E-state index is 10.4. The van der Waals surface area contributed by atoms with E-state index in [1.165, 1.54) is 0 Å². The molecule has 0 saturated carbocycles. The molecule has 0 spiro atoms. The summed E-state index contributed by atoms with van der Waals surface area (Å²) >= 11 is 0. The zero-order valence-corrected chi connectivity index (χ0v) is 47.0. The van der Waals surface area contributed by atoms with Crippen molar-refractivity contribution in [1.29, 1.82) is 10.5 Å². The van der Waals surface area contributed by atoms with Crippen molar-refractivity contribution in [1.82, 2.24) is 24.1 Å². The summed E-state index contributed by atoms with van der Waals surface area (Å²) in [7, 11) is 0. The molecule has 0 radical (unpaired) electrons. The first-order chi connectivity index (χ1) is 43.5. The largest absolute Gasteiger partial charge is 0.309 e. The van der Waals surface area contributed by atoms with Crippen molar-refractivity contribution in [2.45, 2.75) is 0 Å². The second-order valence-electron chi connectivity index (χ2n) is 21.5. The van der Waals surface area contributed by atoms with Crippen molar-refractivity contribution in [3.05, 3.63) is 307 Å². The van der Waals surface area contributed by atoms with Crippen LogP contribution >= 0.6 is 0 Å². The van der Waals surface area contributed by atoms with Gasteiger partial charge in [0.15, 0.2) is 28.8 Å². The monoisotopic (exact) mass is 1120 g/mol. The molecule has 9 heteroatoms. The molecule has 0 bridgehead atoms. The summed E-state index contributed by atoms with van der Waals surface area (Å²) in [6.45, 7) is 16.3. The normalized spacial score (nSPS) is 11.1. The van der Waals surface area contributed by atoms with Gasteiger partial charge >= 0.3 is 0 Å². The van der Waals surface area contributed by atoms with Crippen molar-refractivity contribution < 1.29 is 0 Å². The van der Waals surface area contributed by atoms with Gasteiger partial charge < -0.3 is 9.13 Å². The van der Waals surface area contributed by atoms with E-state index in [4.69, 9.17) is 28.1 Å². The first-order valence-electron chi connectivity index (χ1n) is 28.7. The Kier molecular flexibility index (Phi) is 12.9. The van der Waals surface area contributed by atoms with Crippen LogP contribution in [0.4, 0.5) is 11.4 Å². The summed E-state index contributed by atoms with van der Waals surface area (Å²) < 4.78 is 4.66. The summed E-state index contributed by atoms with van der Waals surface area (Å²) in [6.07, 6.45) is 0. The third kappa shape index (κ3) is 8.89. The summed E-state index contributed by atoms with van der Waals surface area (Å²) in [5.74, 6) is 1.58. The fourth-order valence-electron chi connectivity index (χ4n) is 12.4. The molecule has 0 saturated heterocycles. The number of hydrogen-bond acceptors (Lipinski definition) is 5. The van der Waals surface area contributed by atoms with Gasteiger partial charge in [-0.15, -0.1) is 0 Å². The number of fused-ring (bicyclic) bond motifs is 6. The third-order valence-electron chi connectivity index (χ3n) is 16.5. The standard InChI is InChI=1S/C79H45N9/c1-82-69-30-16-13-27-61(69)54-36-41-73-67(45-54)65-43-52(59-25-11-9-23-57(59)48-80)34-39-72(65)87(73)71-32-18-15-29-63(71)64-38-33-56(79-85-77(50-19-5-3-6-20-50)84-78(86-79)51-21-7-4-8-22-51)47-76(64)88-74-40-35-53(60-26-12-10-24-58(60)49-81)44-66(74)68-46-55(37-42-75(68)88)62-28-14-17-31-70(62)83-2/h3-47H. The number of rotatable bonds is 10. The molecule has 15 rings (SSSR count). The molecule has 0 unspecified atom stereocenters. The number of nitrogens with zero attached hydrogens (tertiary/aromatic N) is 9. The van der Waals surface area contributed by atoms with Crippen molar-refractivity contribution in [3.63, 3.8) is 0 Å². The molecule has 0 fully saturated rings. The minimum atomic E-state index is 0.495. The van der Waals surface area contributed by atoms with Gasteiger partial charge in [-0.2, -0.15) is 10.5 Å². The zero-order valence-electron chi connectivity index (χ0n) is 47.0. The fraction of sp³-hybridized carbons (Fsp3) is 0. The first kappa shape index (κ1) is 52.0. The highest BCUT2D eigenvalue weighted by Gasteiger charge is 2.25. The van der Waals surface area contributed by atoms with E-state index in [1.54, 1.807) is 0 Å². The van der Waals surface area contributed by atoms with Crippen LogP contribution in [-0.2, 0) is 0 Å². The Balaban J connectivity index is 1.03. The van der Waals surface area contributed by atoms with Crippen LogP contribution in [0.5, 0.6) is 0 Å². The molecule has 0 atom stereocenters. The third-order valence-corrected chi connectivity index (χ3v) is 16.5. The van der Waals surface area contributed by atoms with E-state index in [9.17, 15) is 10.5 Å². The van der Waals surface area contributed by atoms with Crippen molar-refractivity contribution in [2.75, 3.05) is 0 Å². The molecule has 3 aromatic heterocycles. The Hall–Kier alpha value is -12.8. The molecule has 9 nitrogen and oxygen atoms in total. The molecule has 0 aliphatic heterocycles. The Labute approximate surface area is 507 Å². The molecule has 0 amide bonds. The van der Waals surface area contributed by atoms with E-state index in [1.807, 2.05) is 158 Å². The highest BCUT2D eigenvalue weighted by molar-refractivity contribution is 6.14. The van der Waals surface area contributed by atoms with Crippen molar-refractivity contribution in [3.8, 4) is 113 Å². The molecule has 15 aromatic rings. The number of para-hydroxylation sites is 3. The number of hydrogen-bond donors (Lipinski definition) is 0. The molecule has 12 aromatic carbocycles. The highest BCUT2D eigenvalue weighted by atomic mass is 15.0. The maximum atomic E-state index is 10.4. The van der Waals surface area contributed by atoms with Crippen molar-refractivity contribution in [2.24, 2.45) is 0 Å². The maximum Gasteiger partial charge on any atom is 0.194 e. The van der Waals surface area contributed by atoms with Gasteiger partial charge in [-0.05, 0) is 117 Å². The summed E-state index contributed by atoms with van der Waals surface area (Å²) in [4.78, 5) is 23.4. The average molecular weight is 1120 g/mol. The molecule has 0 N–H and O–H groups in total. The van der Waals surface area contributed by atoms with E-state index >= 15 is 0 Å². The predicted molar refractivity (Wildman–Crippen MR) is 354 cm³/mol. The van der Waals surface area contributed by atoms with Crippen LogP contribution < -0.4 is 0 Å². The second kappa shape index (κ2) is 21.8. The van der Waals surface area contributed by atoms with Gasteiger partial charge in [-0.1, -0.05) is 200 Å². The summed E-state index contributed by atoms with van der Waals surface area (Å²) in [5, 5.41) is 24.6. The molecular formula is C79H45N9. The first-order valence-corrected chi connectivity index (χ1v) is 28.7. The van der Waals surface area contributed by atoms with Gasteiger partial charge in [-0.25, -0.2) is 24.6 Å². The fourth-order valence-corrected chi connectivity index (χ4v) is 12.4. The lowest BCUT2D eigenvalue weighted by Crippen LogP contribution is -2.04. The van der Waals surface area contributed by atoms with E-state index in [0.29, 0.717) is 40.0 Å². The van der Waals surface area contributed by atoms with Gasteiger partial charge in [-0.3, -0.25) is 0 Å². The lowest BCUT2D eigenvalue weighted by molar-refractivity contribution is 1.07. The van der Waals surface area contributed by atoms with Crippen LogP contribution in [0.3, 0.4) is 0 Å². The molecule has 3 heterocycles. The Bertz CT molecular complexity index is 5230. The lowest BCUT2D eigenvalue weighted by Gasteiger charge is -2.20. The number of benzene rings is 12. The molecule has 406 valence electrons. The van der Waals surface area contributed by atoms with Gasteiger partial charge in [0.2, 0.25) is 0 Å². The van der Waals surface area contributed by atoms with Crippen LogP contribution in [0.15, 0.2) is 273 Å². The van der Waals surface area contributed by atoms with Gasteiger partial charge in [0.25, 0.3) is 0 Å². The molecule has 88 heavy (non-hydrogen) atoms. The molecule has 0 aliphatic carbocycles. The van der Waals surface area contributed by atoms with Crippen LogP contribution in [0, 0.1) is 35.8 Å². The minimum absolute atomic E-state index is 0.495. The van der Waals surface area contributed by atoms with E-state index in [0.717, 1.165) is 127 Å². The summed E-state index contributed by atoms with van der Waals surface area (Å²) in [5.41, 5.74) is 19.1. The van der Waals surface area contributed by atoms with Crippen molar-refractivity contribution >= 4 is 55.0 Å². The highest BCUT2D eigenvalue weighted by Crippen LogP contribution is 2.46. The lowest BCUT2D eigenvalue weighted by atomic mass is 9.97. The quantitative estimate of drug-likeness (QED) is 0.127. The van der Waals surface area contributed by atoms with E-state index < -0.39 is 0 Å². The van der Waals surface area contributed by atoms with Gasteiger partial charge in [0, 0.05) is 49.4 Å².